The van der Waals surface area contributed by atoms with E-state index in [0.717, 1.165) is 11.0 Å². The van der Waals surface area contributed by atoms with Crippen molar-refractivity contribution in [2.24, 2.45) is 0 Å². The molecule has 0 aromatic heterocycles. The number of aryl methyl sites for hydroxylation is 1. The lowest BCUT2D eigenvalue weighted by Gasteiger charge is -2.22. The molecule has 3 rings (SSSR count). The van der Waals surface area contributed by atoms with Gasteiger partial charge < -0.3 is 0 Å². The van der Waals surface area contributed by atoms with Crippen molar-refractivity contribution < 1.29 is 4.48 Å². The zero-order valence-corrected chi connectivity index (χ0v) is 12.2. The van der Waals surface area contributed by atoms with E-state index in [9.17, 15) is 0 Å². The fourth-order valence-corrected chi connectivity index (χ4v) is 3.05. The number of fused-ring (bicyclic) bond motifs is 3. The molecule has 0 fully saturated rings. The van der Waals surface area contributed by atoms with Crippen LogP contribution >= 0.6 is 0 Å². The van der Waals surface area contributed by atoms with Gasteiger partial charge in [0.25, 0.3) is 0 Å². The van der Waals surface area contributed by atoms with Gasteiger partial charge in [0.05, 0.1) is 19.7 Å². The zero-order chi connectivity index (χ0) is 13.6. The molecule has 0 unspecified atom stereocenters. The van der Waals surface area contributed by atoms with Crippen LogP contribution in [0.4, 0.5) is 0 Å². The Morgan fingerprint density at radius 1 is 1.21 bits per heavy atom. The van der Waals surface area contributed by atoms with Crippen molar-refractivity contribution in [3.05, 3.63) is 70.8 Å². The predicted octanol–water partition coefficient (Wildman–Crippen LogP) is 4.02. The number of hydrogen-bond acceptors (Lipinski definition) is 0. The quantitative estimate of drug-likeness (QED) is 0.482. The summed E-state index contributed by atoms with van der Waals surface area (Å²) in [5.74, 6) is 1.36. The zero-order valence-electron chi connectivity index (χ0n) is 12.2. The number of quaternary nitrogens is 1. The van der Waals surface area contributed by atoms with E-state index < -0.39 is 0 Å². The normalized spacial score (nSPS) is 20.1. The van der Waals surface area contributed by atoms with Gasteiger partial charge in [0, 0.05) is 35.3 Å². The smallest absolute Gasteiger partial charge is 0.178 e. The summed E-state index contributed by atoms with van der Waals surface area (Å²) in [6.45, 7) is 5.48. The minimum absolute atomic E-state index is 0.899. The molecule has 0 atom stereocenters. The van der Waals surface area contributed by atoms with Gasteiger partial charge in [0.1, 0.15) is 6.54 Å². The van der Waals surface area contributed by atoms with E-state index in [1.807, 2.05) is 0 Å². The van der Waals surface area contributed by atoms with Crippen molar-refractivity contribution >= 4 is 5.57 Å². The summed E-state index contributed by atoms with van der Waals surface area (Å²) in [5.41, 5.74) is 7.04. The highest BCUT2D eigenvalue weighted by atomic mass is 15.3. The maximum Gasteiger partial charge on any atom is 0.178 e. The summed E-state index contributed by atoms with van der Waals surface area (Å²) in [4.78, 5) is 0. The third kappa shape index (κ3) is 2.04. The van der Waals surface area contributed by atoms with E-state index in [4.69, 9.17) is 0 Å². The molecule has 2 aliphatic rings. The van der Waals surface area contributed by atoms with Gasteiger partial charge >= 0.3 is 0 Å². The Bertz CT molecular complexity index is 615. The lowest BCUT2D eigenvalue weighted by atomic mass is 9.84. The van der Waals surface area contributed by atoms with Crippen molar-refractivity contribution in [2.75, 3.05) is 14.1 Å². The van der Waals surface area contributed by atoms with E-state index in [2.05, 4.69) is 70.6 Å². The largest absolute Gasteiger partial charge is 0.261 e. The topological polar surface area (TPSA) is 0 Å². The average Bonchev–Trinajstić information content (AvgIpc) is 2.45. The molecule has 1 nitrogen and oxygen atoms in total. The second-order valence-electron chi connectivity index (χ2n) is 6.20. The first kappa shape index (κ1) is 12.3. The second kappa shape index (κ2) is 4.14. The van der Waals surface area contributed by atoms with Gasteiger partial charge in [-0.3, -0.25) is 4.48 Å². The van der Waals surface area contributed by atoms with E-state index in [1.54, 1.807) is 0 Å². The molecule has 0 bridgehead atoms. The van der Waals surface area contributed by atoms with Gasteiger partial charge in [-0.15, -0.1) is 0 Å². The van der Waals surface area contributed by atoms with Crippen LogP contribution in [0, 0.1) is 12.8 Å². The van der Waals surface area contributed by atoms with Crippen LogP contribution in [0.2, 0.25) is 0 Å². The first-order valence-corrected chi connectivity index (χ1v) is 6.85. The van der Waals surface area contributed by atoms with Crippen LogP contribution in [0.15, 0.2) is 48.2 Å². The summed E-state index contributed by atoms with van der Waals surface area (Å²) >= 11 is 0. The van der Waals surface area contributed by atoms with Crippen molar-refractivity contribution in [3.8, 4) is 0 Å². The van der Waals surface area contributed by atoms with E-state index in [0.29, 0.717) is 0 Å². The molecule has 1 aliphatic heterocycles. The van der Waals surface area contributed by atoms with Gasteiger partial charge in [-0.05, 0) is 25.5 Å². The van der Waals surface area contributed by atoms with Crippen molar-refractivity contribution in [1.82, 2.24) is 0 Å². The Labute approximate surface area is 116 Å². The molecular formula is C18H21N+2. The molecule has 19 heavy (non-hydrogen) atoms. The SMILES string of the molecule is Cc1cccc2c1C[N+](C)(C)C=C1C2=CC=C[C+]1C. The van der Waals surface area contributed by atoms with Gasteiger partial charge in [0.15, 0.2) is 11.8 Å². The molecule has 1 aromatic rings. The van der Waals surface area contributed by atoms with E-state index in [1.165, 1.54) is 33.8 Å². The summed E-state index contributed by atoms with van der Waals surface area (Å²) < 4.78 is 0.899. The summed E-state index contributed by atoms with van der Waals surface area (Å²) in [6, 6.07) is 6.66. The van der Waals surface area contributed by atoms with Crippen LogP contribution in [0.5, 0.6) is 0 Å². The maximum absolute atomic E-state index is 2.39. The maximum atomic E-state index is 2.39. The fraction of sp³-hybridized carbons (Fsp3) is 0.278. The Morgan fingerprint density at radius 3 is 2.79 bits per heavy atom. The minimum Gasteiger partial charge on any atom is -0.261 e. The molecule has 0 saturated heterocycles. The first-order valence-electron chi connectivity index (χ1n) is 6.85. The third-order valence-electron chi connectivity index (χ3n) is 4.07. The highest BCUT2D eigenvalue weighted by Gasteiger charge is 2.35. The van der Waals surface area contributed by atoms with Gasteiger partial charge in [0.2, 0.25) is 0 Å². The van der Waals surface area contributed by atoms with Gasteiger partial charge in [-0.1, -0.05) is 12.1 Å². The van der Waals surface area contributed by atoms with Crippen molar-refractivity contribution in [1.29, 1.82) is 0 Å². The highest BCUT2D eigenvalue weighted by molar-refractivity contribution is 5.87. The number of benzene rings is 1. The monoisotopic (exact) mass is 251 g/mol. The minimum atomic E-state index is 0.899. The molecule has 1 aromatic carbocycles. The molecule has 0 radical (unpaired) electrons. The first-order chi connectivity index (χ1) is 8.98. The van der Waals surface area contributed by atoms with Crippen LogP contribution in [0.3, 0.4) is 0 Å². The van der Waals surface area contributed by atoms with Gasteiger partial charge in [-0.2, -0.15) is 0 Å². The van der Waals surface area contributed by atoms with Crippen LogP contribution in [0.1, 0.15) is 23.6 Å². The molecule has 1 heterocycles. The van der Waals surface area contributed by atoms with Gasteiger partial charge in [-0.25, -0.2) is 0 Å². The fourth-order valence-electron chi connectivity index (χ4n) is 3.05. The van der Waals surface area contributed by atoms with Crippen LogP contribution < -0.4 is 0 Å². The lowest BCUT2D eigenvalue weighted by molar-refractivity contribution is -0.853. The molecular weight excluding hydrogens is 230 g/mol. The summed E-state index contributed by atoms with van der Waals surface area (Å²) in [7, 11) is 4.55. The van der Waals surface area contributed by atoms with Crippen molar-refractivity contribution in [2.45, 2.75) is 20.4 Å². The Morgan fingerprint density at radius 2 is 2.00 bits per heavy atom. The molecule has 1 heteroatoms. The Balaban J connectivity index is 2.29. The summed E-state index contributed by atoms with van der Waals surface area (Å²) in [5, 5.41) is 0. The molecule has 0 saturated carbocycles. The Hall–Kier alpha value is -1.73. The molecule has 96 valence electrons. The Kier molecular flexibility index (Phi) is 2.68. The van der Waals surface area contributed by atoms with Crippen LogP contribution in [0.25, 0.3) is 5.57 Å². The van der Waals surface area contributed by atoms with Crippen LogP contribution in [-0.2, 0) is 6.54 Å². The third-order valence-corrected chi connectivity index (χ3v) is 4.07. The van der Waals surface area contributed by atoms with E-state index in [-0.39, 0.29) is 0 Å². The summed E-state index contributed by atoms with van der Waals surface area (Å²) in [6.07, 6.45) is 9.02. The number of nitrogens with zero attached hydrogens (tertiary/aromatic N) is 1. The number of rotatable bonds is 0. The highest BCUT2D eigenvalue weighted by Crippen LogP contribution is 2.40. The number of hydrogen-bond donors (Lipinski definition) is 0. The molecule has 0 spiro atoms. The molecule has 0 amide bonds. The van der Waals surface area contributed by atoms with Crippen LogP contribution in [-0.4, -0.2) is 18.6 Å². The molecule has 1 aliphatic carbocycles. The molecule has 0 N–H and O–H groups in total. The lowest BCUT2D eigenvalue weighted by Crippen LogP contribution is -2.32. The average molecular weight is 251 g/mol. The number of allylic oxidation sites excluding steroid dienone is 5. The van der Waals surface area contributed by atoms with Crippen molar-refractivity contribution in [3.63, 3.8) is 0 Å². The van der Waals surface area contributed by atoms with E-state index >= 15 is 0 Å². The second-order valence-corrected chi connectivity index (χ2v) is 6.20. The standard InChI is InChI=1S/C18H21N/c1-13-7-5-9-15-16-10-6-8-14(2)18(16)12-19(3,4)11-17(13)15/h5-11H,12H2,1-4H3/q+2. The predicted molar refractivity (Wildman–Crippen MR) is 81.1 cm³/mol.